The maximum atomic E-state index is 11.1. The molecule has 0 bridgehead atoms. The van der Waals surface area contributed by atoms with E-state index in [0.29, 0.717) is 21.3 Å². The number of hydrogen-bond acceptors (Lipinski definition) is 2. The predicted octanol–water partition coefficient (Wildman–Crippen LogP) is 2.74. The van der Waals surface area contributed by atoms with Gasteiger partial charge in [-0.2, -0.15) is 0 Å². The Balaban J connectivity index is 2.64. The van der Waals surface area contributed by atoms with Gasteiger partial charge in [0, 0.05) is 11.6 Å². The lowest BCUT2D eigenvalue weighted by Gasteiger charge is -2.03. The first-order valence-electron chi connectivity index (χ1n) is 4.17. The average Bonchev–Trinajstić information content (AvgIpc) is 2.22. The zero-order valence-electron chi connectivity index (χ0n) is 7.50. The number of halogens is 2. The van der Waals surface area contributed by atoms with Crippen molar-refractivity contribution in [1.82, 2.24) is 9.97 Å². The van der Waals surface area contributed by atoms with Crippen molar-refractivity contribution in [3.8, 4) is 11.3 Å². The molecule has 0 radical (unpaired) electrons. The van der Waals surface area contributed by atoms with Gasteiger partial charge in [0.15, 0.2) is 0 Å². The number of nitrogens with one attached hydrogen (secondary N) is 1. The Hall–Kier alpha value is -1.32. The topological polar surface area (TPSA) is 45.8 Å². The Morgan fingerprint density at radius 1 is 1.27 bits per heavy atom. The Morgan fingerprint density at radius 3 is 2.80 bits per heavy atom. The third-order valence-corrected chi connectivity index (χ3v) is 2.72. The molecule has 3 nitrogen and oxygen atoms in total. The van der Waals surface area contributed by atoms with Crippen molar-refractivity contribution in [3.63, 3.8) is 0 Å². The largest absolute Gasteiger partial charge is 0.313 e. The fraction of sp³-hybridized carbons (Fsp3) is 0. The van der Waals surface area contributed by atoms with Crippen molar-refractivity contribution < 1.29 is 0 Å². The zero-order valence-corrected chi connectivity index (χ0v) is 9.01. The number of hydrogen-bond donors (Lipinski definition) is 1. The lowest BCUT2D eigenvalue weighted by molar-refractivity contribution is 1.12. The second-order valence-corrected chi connectivity index (χ2v) is 3.68. The molecule has 1 heterocycles. The fourth-order valence-corrected chi connectivity index (χ4v) is 1.61. The first-order valence-corrected chi connectivity index (χ1v) is 4.93. The van der Waals surface area contributed by atoms with E-state index in [1.807, 2.05) is 0 Å². The smallest absolute Gasteiger partial charge is 0.251 e. The van der Waals surface area contributed by atoms with Crippen molar-refractivity contribution >= 4 is 23.2 Å². The predicted molar refractivity (Wildman–Crippen MR) is 60.3 cm³/mol. The van der Waals surface area contributed by atoms with Gasteiger partial charge in [-0.3, -0.25) is 4.79 Å². The number of H-pyrrole nitrogens is 1. The van der Waals surface area contributed by atoms with Gasteiger partial charge in [0.2, 0.25) is 0 Å². The molecule has 1 aromatic heterocycles. The van der Waals surface area contributed by atoms with E-state index in [1.165, 1.54) is 12.4 Å². The highest BCUT2D eigenvalue weighted by Crippen LogP contribution is 2.31. The van der Waals surface area contributed by atoms with E-state index in [-0.39, 0.29) is 5.56 Å². The van der Waals surface area contributed by atoms with Crippen LogP contribution in [0.2, 0.25) is 10.0 Å². The summed E-state index contributed by atoms with van der Waals surface area (Å²) < 4.78 is 0. The molecule has 0 aliphatic heterocycles. The molecular formula is C10H6Cl2N2O. The number of nitrogens with zero attached hydrogens (tertiary/aromatic N) is 1. The van der Waals surface area contributed by atoms with Gasteiger partial charge >= 0.3 is 0 Å². The molecule has 5 heteroatoms. The standard InChI is InChI=1S/C10H6Cl2N2O/c11-7-3-1-2-6(10(7)12)8-4-9(15)14-5-13-8/h1-5H,(H,13,14,15). The summed E-state index contributed by atoms with van der Waals surface area (Å²) in [7, 11) is 0. The highest BCUT2D eigenvalue weighted by Gasteiger charge is 2.07. The average molecular weight is 241 g/mol. The maximum Gasteiger partial charge on any atom is 0.251 e. The minimum Gasteiger partial charge on any atom is -0.313 e. The summed E-state index contributed by atoms with van der Waals surface area (Å²) >= 11 is 11.9. The van der Waals surface area contributed by atoms with Gasteiger partial charge in [0.05, 0.1) is 22.1 Å². The normalized spacial score (nSPS) is 10.3. The third kappa shape index (κ3) is 2.03. The Morgan fingerprint density at radius 2 is 2.07 bits per heavy atom. The molecule has 0 fully saturated rings. The van der Waals surface area contributed by atoms with Crippen LogP contribution in [-0.4, -0.2) is 9.97 Å². The van der Waals surface area contributed by atoms with Gasteiger partial charge in [0.1, 0.15) is 0 Å². The first-order chi connectivity index (χ1) is 7.18. The molecule has 0 saturated heterocycles. The van der Waals surface area contributed by atoms with E-state index < -0.39 is 0 Å². The van der Waals surface area contributed by atoms with E-state index in [1.54, 1.807) is 18.2 Å². The van der Waals surface area contributed by atoms with E-state index in [0.717, 1.165) is 0 Å². The molecule has 1 N–H and O–H groups in total. The van der Waals surface area contributed by atoms with Gasteiger partial charge < -0.3 is 4.98 Å². The van der Waals surface area contributed by atoms with Gasteiger partial charge in [-0.05, 0) is 6.07 Å². The van der Waals surface area contributed by atoms with E-state index in [9.17, 15) is 4.79 Å². The summed E-state index contributed by atoms with van der Waals surface area (Å²) in [5.74, 6) is 0. The number of rotatable bonds is 1. The highest BCUT2D eigenvalue weighted by atomic mass is 35.5. The Kier molecular flexibility index (Phi) is 2.75. The molecule has 0 aliphatic carbocycles. The van der Waals surface area contributed by atoms with E-state index in [2.05, 4.69) is 9.97 Å². The van der Waals surface area contributed by atoms with Crippen LogP contribution in [0.15, 0.2) is 35.4 Å². The molecule has 1 aromatic carbocycles. The van der Waals surface area contributed by atoms with Crippen LogP contribution in [0, 0.1) is 0 Å². The van der Waals surface area contributed by atoms with Crippen LogP contribution in [0.3, 0.4) is 0 Å². The summed E-state index contributed by atoms with van der Waals surface area (Å²) in [4.78, 5) is 17.5. The molecule has 0 aliphatic rings. The Bertz CT molecular complexity index is 551. The highest BCUT2D eigenvalue weighted by molar-refractivity contribution is 6.43. The van der Waals surface area contributed by atoms with Crippen LogP contribution >= 0.6 is 23.2 Å². The molecule has 2 aromatic rings. The SMILES string of the molecule is O=c1cc(-c2cccc(Cl)c2Cl)nc[nH]1. The third-order valence-electron chi connectivity index (χ3n) is 1.91. The molecule has 15 heavy (non-hydrogen) atoms. The van der Waals surface area contributed by atoms with Crippen LogP contribution in [0.1, 0.15) is 0 Å². The second-order valence-electron chi connectivity index (χ2n) is 2.90. The fourth-order valence-electron chi connectivity index (χ4n) is 1.22. The summed E-state index contributed by atoms with van der Waals surface area (Å²) in [6.45, 7) is 0. The molecule has 76 valence electrons. The minimum atomic E-state index is -0.226. The van der Waals surface area contributed by atoms with Crippen molar-refractivity contribution in [2.45, 2.75) is 0 Å². The summed E-state index contributed by atoms with van der Waals surface area (Å²) in [6, 6.07) is 6.57. The molecule has 0 spiro atoms. The van der Waals surface area contributed by atoms with Crippen molar-refractivity contribution in [3.05, 3.63) is 51.0 Å². The number of aromatic nitrogens is 2. The molecule has 0 atom stereocenters. The second kappa shape index (κ2) is 4.04. The van der Waals surface area contributed by atoms with Crippen molar-refractivity contribution in [2.75, 3.05) is 0 Å². The quantitative estimate of drug-likeness (QED) is 0.834. The van der Waals surface area contributed by atoms with Crippen LogP contribution < -0.4 is 5.56 Å². The van der Waals surface area contributed by atoms with Gasteiger partial charge in [0.25, 0.3) is 5.56 Å². The van der Waals surface area contributed by atoms with Crippen LogP contribution in [-0.2, 0) is 0 Å². The summed E-state index contributed by atoms with van der Waals surface area (Å²) in [6.07, 6.45) is 1.33. The van der Waals surface area contributed by atoms with Gasteiger partial charge in [-0.15, -0.1) is 0 Å². The van der Waals surface area contributed by atoms with Gasteiger partial charge in [-0.1, -0.05) is 35.3 Å². The number of benzene rings is 1. The van der Waals surface area contributed by atoms with Crippen molar-refractivity contribution in [1.29, 1.82) is 0 Å². The lowest BCUT2D eigenvalue weighted by atomic mass is 10.1. The molecule has 0 amide bonds. The Labute approximate surface area is 95.7 Å². The first kappa shape index (κ1) is 10.2. The van der Waals surface area contributed by atoms with Crippen LogP contribution in [0.4, 0.5) is 0 Å². The maximum absolute atomic E-state index is 11.1. The van der Waals surface area contributed by atoms with Crippen molar-refractivity contribution in [2.24, 2.45) is 0 Å². The van der Waals surface area contributed by atoms with E-state index in [4.69, 9.17) is 23.2 Å². The molecule has 0 saturated carbocycles. The minimum absolute atomic E-state index is 0.226. The van der Waals surface area contributed by atoms with Crippen LogP contribution in [0.25, 0.3) is 11.3 Å². The lowest BCUT2D eigenvalue weighted by Crippen LogP contribution is -2.04. The molecule has 0 unspecified atom stereocenters. The van der Waals surface area contributed by atoms with Gasteiger partial charge in [-0.25, -0.2) is 4.98 Å². The van der Waals surface area contributed by atoms with E-state index >= 15 is 0 Å². The zero-order chi connectivity index (χ0) is 10.8. The van der Waals surface area contributed by atoms with Crippen LogP contribution in [0.5, 0.6) is 0 Å². The summed E-state index contributed by atoms with van der Waals surface area (Å²) in [5, 5.41) is 0.841. The molecular weight excluding hydrogens is 235 g/mol. The monoisotopic (exact) mass is 240 g/mol. The number of aromatic amines is 1. The molecule has 2 rings (SSSR count). The summed E-state index contributed by atoms with van der Waals surface area (Å²) in [5.41, 5.74) is 0.928.